The fourth-order valence-corrected chi connectivity index (χ4v) is 7.47. The molecule has 0 fully saturated rings. The molecule has 0 aromatic heterocycles. The summed E-state index contributed by atoms with van der Waals surface area (Å²) in [6.07, 6.45) is 2.73. The van der Waals surface area contributed by atoms with E-state index in [1.165, 1.54) is 36.4 Å². The highest BCUT2D eigenvalue weighted by atomic mass is 32.3. The maximum Gasteiger partial charge on any atom is 0.330 e. The molecule has 7 nitrogen and oxygen atoms in total. The maximum absolute atomic E-state index is 13.1. The second-order valence-electron chi connectivity index (χ2n) is 6.35. The summed E-state index contributed by atoms with van der Waals surface area (Å²) >= 11 is 0. The minimum atomic E-state index is -3.81. The van der Waals surface area contributed by atoms with Crippen molar-refractivity contribution in [2.45, 2.75) is 22.0 Å². The molecule has 3 rings (SSSR count). The van der Waals surface area contributed by atoms with Crippen molar-refractivity contribution in [2.75, 3.05) is 19.0 Å². The lowest BCUT2D eigenvalue weighted by atomic mass is 10.1. The summed E-state index contributed by atoms with van der Waals surface area (Å²) in [5.74, 6) is -0.401. The minimum absolute atomic E-state index is 0.0734. The summed E-state index contributed by atoms with van der Waals surface area (Å²) in [5, 5.41) is -1.08. The third kappa shape index (κ3) is 4.64. The van der Waals surface area contributed by atoms with Crippen molar-refractivity contribution in [2.24, 2.45) is 0 Å². The minimum Gasteiger partial charge on any atom is -0.490 e. The molecule has 156 valence electrons. The van der Waals surface area contributed by atoms with Gasteiger partial charge in [-0.15, -0.1) is 0 Å². The van der Waals surface area contributed by atoms with Crippen molar-refractivity contribution in [3.05, 3.63) is 66.2 Å². The van der Waals surface area contributed by atoms with Gasteiger partial charge in [-0.3, -0.25) is 9.11 Å². The van der Waals surface area contributed by atoms with Gasteiger partial charge in [0.15, 0.2) is 9.84 Å². The number of rotatable bonds is 7. The van der Waals surface area contributed by atoms with E-state index in [9.17, 15) is 22.3 Å². The highest BCUT2D eigenvalue weighted by Gasteiger charge is 2.43. The van der Waals surface area contributed by atoms with E-state index in [-0.39, 0.29) is 28.8 Å². The van der Waals surface area contributed by atoms with Crippen molar-refractivity contribution in [3.8, 4) is 5.75 Å². The molecular formula is C20H22O7S2. The predicted molar refractivity (Wildman–Crippen MR) is 110 cm³/mol. The third-order valence-corrected chi connectivity index (χ3v) is 8.58. The largest absolute Gasteiger partial charge is 0.490 e. The molecular weight excluding hydrogens is 416 g/mol. The van der Waals surface area contributed by atoms with Gasteiger partial charge in [0.1, 0.15) is 17.6 Å². The first-order valence-corrected chi connectivity index (χ1v) is 12.2. The van der Waals surface area contributed by atoms with Gasteiger partial charge >= 0.3 is 5.97 Å². The first kappa shape index (κ1) is 21.4. The van der Waals surface area contributed by atoms with Crippen LogP contribution < -0.4 is 4.74 Å². The summed E-state index contributed by atoms with van der Waals surface area (Å²) < 4.78 is 57.3. The van der Waals surface area contributed by atoms with Gasteiger partial charge in [0, 0.05) is 6.08 Å². The fraction of sp³-hybridized carbons (Fsp3) is 0.250. The molecule has 2 N–H and O–H groups in total. The Balaban J connectivity index is 1.85. The number of hydrogen-bond donors (Lipinski definition) is 2. The SMILES string of the molecule is CCOC(=O)/C=C/COc1ccc2c(c1)C(S(=O)(=O)c1ccccc1)CS2(O)O. The molecule has 1 aliphatic heterocycles. The quantitative estimate of drug-likeness (QED) is 0.499. The van der Waals surface area contributed by atoms with Gasteiger partial charge in [-0.1, -0.05) is 18.2 Å². The molecule has 0 saturated heterocycles. The van der Waals surface area contributed by atoms with E-state index in [2.05, 4.69) is 0 Å². The Hall–Kier alpha value is -2.33. The zero-order valence-corrected chi connectivity index (χ0v) is 17.4. The Kier molecular flexibility index (Phi) is 6.33. The van der Waals surface area contributed by atoms with E-state index in [1.807, 2.05) is 0 Å². The molecule has 0 radical (unpaired) electrons. The van der Waals surface area contributed by atoms with Crippen LogP contribution in [0.5, 0.6) is 5.75 Å². The van der Waals surface area contributed by atoms with Crippen molar-refractivity contribution in [1.29, 1.82) is 0 Å². The van der Waals surface area contributed by atoms with Crippen molar-refractivity contribution < 1.29 is 31.8 Å². The van der Waals surface area contributed by atoms with E-state index < -0.39 is 31.6 Å². The molecule has 9 heteroatoms. The van der Waals surface area contributed by atoms with E-state index in [0.29, 0.717) is 11.3 Å². The first-order valence-electron chi connectivity index (χ1n) is 8.90. The Morgan fingerprint density at radius 3 is 2.62 bits per heavy atom. The lowest BCUT2D eigenvalue weighted by molar-refractivity contribution is -0.137. The molecule has 1 unspecified atom stereocenters. The third-order valence-electron chi connectivity index (χ3n) is 4.40. The van der Waals surface area contributed by atoms with Crippen LogP contribution in [0.1, 0.15) is 17.7 Å². The van der Waals surface area contributed by atoms with Crippen LogP contribution in [0.25, 0.3) is 0 Å². The number of carbonyl (C=O) groups is 1. The first-order chi connectivity index (χ1) is 13.8. The van der Waals surface area contributed by atoms with Crippen molar-refractivity contribution >= 4 is 26.4 Å². The zero-order chi connectivity index (χ0) is 21.1. The van der Waals surface area contributed by atoms with Gasteiger partial charge in [-0.2, -0.15) is 10.6 Å². The summed E-state index contributed by atoms with van der Waals surface area (Å²) in [7, 11) is -7.03. The van der Waals surface area contributed by atoms with Crippen LogP contribution in [0, 0.1) is 0 Å². The van der Waals surface area contributed by atoms with E-state index in [0.717, 1.165) is 0 Å². The molecule has 0 saturated carbocycles. The highest BCUT2D eigenvalue weighted by molar-refractivity contribution is 8.25. The molecule has 2 aromatic rings. The Morgan fingerprint density at radius 1 is 1.21 bits per heavy atom. The normalized spacial score (nSPS) is 18.9. The average molecular weight is 439 g/mol. The number of carbonyl (C=O) groups excluding carboxylic acids is 1. The van der Waals surface area contributed by atoms with Crippen LogP contribution in [-0.2, 0) is 19.4 Å². The highest BCUT2D eigenvalue weighted by Crippen LogP contribution is 2.61. The van der Waals surface area contributed by atoms with Crippen LogP contribution >= 0.6 is 10.6 Å². The Morgan fingerprint density at radius 2 is 1.93 bits per heavy atom. The number of sulfone groups is 1. The lowest BCUT2D eigenvalue weighted by Crippen LogP contribution is -2.15. The molecule has 0 spiro atoms. The molecule has 29 heavy (non-hydrogen) atoms. The monoisotopic (exact) mass is 438 g/mol. The number of esters is 1. The summed E-state index contributed by atoms with van der Waals surface area (Å²) in [4.78, 5) is 11.6. The second-order valence-corrected chi connectivity index (χ2v) is 10.6. The molecule has 1 aliphatic rings. The maximum atomic E-state index is 13.1. The van der Waals surface area contributed by atoms with Gasteiger partial charge in [0.25, 0.3) is 0 Å². The second kappa shape index (κ2) is 8.58. The molecule has 0 bridgehead atoms. The average Bonchev–Trinajstić information content (AvgIpc) is 2.97. The molecule has 1 atom stereocenters. The Bertz CT molecular complexity index is 1010. The number of ether oxygens (including phenoxy) is 2. The molecule has 0 aliphatic carbocycles. The van der Waals surface area contributed by atoms with E-state index in [1.54, 1.807) is 31.2 Å². The summed E-state index contributed by atoms with van der Waals surface area (Å²) in [6, 6.07) is 12.5. The zero-order valence-electron chi connectivity index (χ0n) is 15.7. The number of benzene rings is 2. The van der Waals surface area contributed by atoms with E-state index >= 15 is 0 Å². The van der Waals surface area contributed by atoms with Crippen LogP contribution in [0.3, 0.4) is 0 Å². The number of hydrogen-bond acceptors (Lipinski definition) is 7. The number of fused-ring (bicyclic) bond motifs is 1. The topological polar surface area (TPSA) is 110 Å². The standard InChI is InChI=1S/C20H22O7S2/c1-2-26-20(21)9-6-12-27-15-10-11-18-17(13-15)19(14-28(18,22)23)29(24,25)16-7-4-3-5-8-16/h3-11,13,19,22-23H,2,12,14H2,1H3/b9-6+. The molecule has 1 heterocycles. The van der Waals surface area contributed by atoms with Gasteiger partial charge < -0.3 is 9.47 Å². The lowest BCUT2D eigenvalue weighted by Gasteiger charge is -2.27. The van der Waals surface area contributed by atoms with Crippen LogP contribution in [-0.4, -0.2) is 42.5 Å². The van der Waals surface area contributed by atoms with Gasteiger partial charge in [-0.25, -0.2) is 13.2 Å². The summed E-state index contributed by atoms with van der Waals surface area (Å²) in [6.45, 7) is 2.06. The fourth-order valence-electron chi connectivity index (χ4n) is 3.07. The van der Waals surface area contributed by atoms with Crippen molar-refractivity contribution in [3.63, 3.8) is 0 Å². The van der Waals surface area contributed by atoms with Crippen LogP contribution in [0.4, 0.5) is 0 Å². The van der Waals surface area contributed by atoms with Gasteiger partial charge in [0.2, 0.25) is 0 Å². The summed E-state index contributed by atoms with van der Waals surface area (Å²) in [5.41, 5.74) is 0.320. The van der Waals surface area contributed by atoms with Crippen LogP contribution in [0.2, 0.25) is 0 Å². The smallest absolute Gasteiger partial charge is 0.330 e. The molecule has 2 aromatic carbocycles. The van der Waals surface area contributed by atoms with Gasteiger partial charge in [-0.05, 0) is 48.9 Å². The predicted octanol–water partition coefficient (Wildman–Crippen LogP) is 3.82. The van der Waals surface area contributed by atoms with Crippen molar-refractivity contribution in [1.82, 2.24) is 0 Å². The van der Waals surface area contributed by atoms with Gasteiger partial charge in [0.05, 0.1) is 22.2 Å². The Labute approximate surface area is 171 Å². The van der Waals surface area contributed by atoms with E-state index in [4.69, 9.17) is 9.47 Å². The van der Waals surface area contributed by atoms with Crippen LogP contribution in [0.15, 0.2) is 70.5 Å². The molecule has 0 amide bonds.